The van der Waals surface area contributed by atoms with Gasteiger partial charge in [0.1, 0.15) is 0 Å². The molecule has 1 heterocycles. The number of benzene rings is 3. The van der Waals surface area contributed by atoms with Gasteiger partial charge in [-0.1, -0.05) is 30.0 Å². The molecule has 142 valence electrons. The number of para-hydroxylation sites is 1. The van der Waals surface area contributed by atoms with Crippen LogP contribution in [0.3, 0.4) is 0 Å². The lowest BCUT2D eigenvalue weighted by atomic mass is 10.3. The van der Waals surface area contributed by atoms with E-state index in [1.165, 1.54) is 12.1 Å². The van der Waals surface area contributed by atoms with Gasteiger partial charge in [-0.15, -0.1) is 0 Å². The largest absolute Gasteiger partial charge is 0.316 e. The van der Waals surface area contributed by atoms with Crippen molar-refractivity contribution in [2.24, 2.45) is 4.99 Å². The Morgan fingerprint density at radius 1 is 0.828 bits per heavy atom. The second-order valence-corrected chi connectivity index (χ2v) is 7.39. The third-order valence-corrected chi connectivity index (χ3v) is 5.30. The Labute approximate surface area is 172 Å². The Balaban J connectivity index is 1.45. The van der Waals surface area contributed by atoms with E-state index in [1.54, 1.807) is 23.9 Å². The summed E-state index contributed by atoms with van der Waals surface area (Å²) in [6.07, 6.45) is 3.87. The second kappa shape index (κ2) is 8.58. The molecule has 0 amide bonds. The lowest BCUT2D eigenvalue weighted by molar-refractivity contribution is -0.384. The summed E-state index contributed by atoms with van der Waals surface area (Å²) in [5.41, 5.74) is 3.05. The third kappa shape index (κ3) is 4.62. The number of nitro benzene ring substituents is 1. The molecule has 4 rings (SSSR count). The summed E-state index contributed by atoms with van der Waals surface area (Å²) in [6.45, 7) is 0. The standard InChI is InChI=1S/C23H17N3O2S/c27-26(28)20-10-14-23(15-11-20)29-22-12-8-18(9-13-22)24-17-21-7-4-16-25(21)19-5-2-1-3-6-19/h1-17H. The number of non-ortho nitro benzene ring substituents is 1. The molecule has 0 radical (unpaired) electrons. The van der Waals surface area contributed by atoms with Crippen molar-refractivity contribution in [3.05, 3.63) is 113 Å². The minimum atomic E-state index is -0.393. The molecule has 0 saturated carbocycles. The van der Waals surface area contributed by atoms with Crippen LogP contribution in [-0.4, -0.2) is 15.7 Å². The number of hydrogen-bond donors (Lipinski definition) is 0. The van der Waals surface area contributed by atoms with Crippen molar-refractivity contribution in [1.82, 2.24) is 4.57 Å². The molecule has 0 saturated heterocycles. The monoisotopic (exact) mass is 399 g/mol. The molecular weight excluding hydrogens is 382 g/mol. The van der Waals surface area contributed by atoms with Gasteiger partial charge < -0.3 is 4.57 Å². The van der Waals surface area contributed by atoms with E-state index in [2.05, 4.69) is 21.7 Å². The highest BCUT2D eigenvalue weighted by molar-refractivity contribution is 7.99. The zero-order valence-corrected chi connectivity index (χ0v) is 16.2. The van der Waals surface area contributed by atoms with Crippen molar-refractivity contribution in [3.8, 4) is 5.69 Å². The summed E-state index contributed by atoms with van der Waals surface area (Å²) in [6, 6.07) is 28.6. The van der Waals surface area contributed by atoms with Gasteiger partial charge in [-0.05, 0) is 60.7 Å². The summed E-state index contributed by atoms with van der Waals surface area (Å²) in [5.74, 6) is 0. The van der Waals surface area contributed by atoms with Crippen LogP contribution in [0.1, 0.15) is 5.69 Å². The van der Waals surface area contributed by atoms with Crippen LogP contribution in [0.15, 0.2) is 112 Å². The van der Waals surface area contributed by atoms with E-state index >= 15 is 0 Å². The fourth-order valence-corrected chi connectivity index (χ4v) is 3.65. The van der Waals surface area contributed by atoms with Crippen LogP contribution >= 0.6 is 11.8 Å². The van der Waals surface area contributed by atoms with Crippen LogP contribution in [0.5, 0.6) is 0 Å². The highest BCUT2D eigenvalue weighted by atomic mass is 32.2. The summed E-state index contributed by atoms with van der Waals surface area (Å²) in [7, 11) is 0. The van der Waals surface area contributed by atoms with E-state index in [0.29, 0.717) is 0 Å². The zero-order valence-electron chi connectivity index (χ0n) is 15.4. The normalized spacial score (nSPS) is 11.0. The molecule has 0 aliphatic heterocycles. The molecule has 1 aromatic heterocycles. The van der Waals surface area contributed by atoms with E-state index in [4.69, 9.17) is 0 Å². The average Bonchev–Trinajstić information content (AvgIpc) is 3.23. The highest BCUT2D eigenvalue weighted by Crippen LogP contribution is 2.30. The molecule has 0 aliphatic carbocycles. The van der Waals surface area contributed by atoms with E-state index in [-0.39, 0.29) is 5.69 Å². The summed E-state index contributed by atoms with van der Waals surface area (Å²) < 4.78 is 2.09. The molecule has 29 heavy (non-hydrogen) atoms. The van der Waals surface area contributed by atoms with Crippen molar-refractivity contribution < 1.29 is 4.92 Å². The van der Waals surface area contributed by atoms with Crippen molar-refractivity contribution in [2.45, 2.75) is 9.79 Å². The lowest BCUT2D eigenvalue weighted by Gasteiger charge is -2.05. The van der Waals surface area contributed by atoms with Gasteiger partial charge in [-0.3, -0.25) is 15.1 Å². The van der Waals surface area contributed by atoms with Crippen LogP contribution < -0.4 is 0 Å². The van der Waals surface area contributed by atoms with Crippen molar-refractivity contribution in [1.29, 1.82) is 0 Å². The van der Waals surface area contributed by atoms with Crippen LogP contribution in [0.4, 0.5) is 11.4 Å². The Morgan fingerprint density at radius 3 is 2.14 bits per heavy atom. The molecular formula is C23H17N3O2S. The molecule has 0 atom stereocenters. The first kappa shape index (κ1) is 18.7. The number of rotatable bonds is 6. The molecule has 5 nitrogen and oxygen atoms in total. The fourth-order valence-electron chi connectivity index (χ4n) is 2.84. The quantitative estimate of drug-likeness (QED) is 0.217. The lowest BCUT2D eigenvalue weighted by Crippen LogP contribution is -1.97. The smallest absolute Gasteiger partial charge is 0.269 e. The average molecular weight is 399 g/mol. The Bertz CT molecular complexity index is 1130. The fraction of sp³-hybridized carbons (Fsp3) is 0. The molecule has 6 heteroatoms. The first-order chi connectivity index (χ1) is 14.2. The maximum absolute atomic E-state index is 10.7. The Morgan fingerprint density at radius 2 is 1.48 bits per heavy atom. The van der Waals surface area contributed by atoms with E-state index < -0.39 is 4.92 Å². The first-order valence-corrected chi connectivity index (χ1v) is 9.80. The maximum atomic E-state index is 10.7. The van der Waals surface area contributed by atoms with E-state index in [0.717, 1.165) is 26.9 Å². The Hall–Kier alpha value is -3.64. The van der Waals surface area contributed by atoms with Gasteiger partial charge >= 0.3 is 0 Å². The molecule has 0 fully saturated rings. The predicted octanol–water partition coefficient (Wildman–Crippen LogP) is 6.29. The molecule has 0 N–H and O–H groups in total. The van der Waals surface area contributed by atoms with Crippen molar-refractivity contribution in [2.75, 3.05) is 0 Å². The zero-order chi connectivity index (χ0) is 20.1. The van der Waals surface area contributed by atoms with Crippen molar-refractivity contribution >= 4 is 29.4 Å². The number of aliphatic imine (C=N–C) groups is 1. The van der Waals surface area contributed by atoms with Crippen LogP contribution in [0, 0.1) is 10.1 Å². The van der Waals surface area contributed by atoms with E-state index in [9.17, 15) is 10.1 Å². The van der Waals surface area contributed by atoms with Gasteiger partial charge in [0.25, 0.3) is 5.69 Å². The topological polar surface area (TPSA) is 60.4 Å². The van der Waals surface area contributed by atoms with E-state index in [1.807, 2.05) is 67.0 Å². The first-order valence-electron chi connectivity index (χ1n) is 8.98. The SMILES string of the molecule is O=[N+]([O-])c1ccc(Sc2ccc(N=Cc3cccn3-c3ccccc3)cc2)cc1. The summed E-state index contributed by atoms with van der Waals surface area (Å²) in [4.78, 5) is 16.9. The number of nitrogens with zero attached hydrogens (tertiary/aromatic N) is 3. The second-order valence-electron chi connectivity index (χ2n) is 6.24. The number of nitro groups is 1. The van der Waals surface area contributed by atoms with Crippen LogP contribution in [0.25, 0.3) is 5.69 Å². The van der Waals surface area contributed by atoms with Crippen LogP contribution in [-0.2, 0) is 0 Å². The summed E-state index contributed by atoms with van der Waals surface area (Å²) >= 11 is 1.55. The minimum Gasteiger partial charge on any atom is -0.316 e. The van der Waals surface area contributed by atoms with Crippen molar-refractivity contribution in [3.63, 3.8) is 0 Å². The molecule has 0 bridgehead atoms. The highest BCUT2D eigenvalue weighted by Gasteiger charge is 2.05. The number of aromatic nitrogens is 1. The van der Waals surface area contributed by atoms with Gasteiger partial charge in [0, 0.05) is 33.8 Å². The molecule has 0 unspecified atom stereocenters. The number of hydrogen-bond acceptors (Lipinski definition) is 4. The van der Waals surface area contributed by atoms with Gasteiger partial charge in [-0.2, -0.15) is 0 Å². The van der Waals surface area contributed by atoms with Gasteiger partial charge in [0.2, 0.25) is 0 Å². The van der Waals surface area contributed by atoms with Crippen LogP contribution in [0.2, 0.25) is 0 Å². The summed E-state index contributed by atoms with van der Waals surface area (Å²) in [5, 5.41) is 10.7. The molecule has 0 spiro atoms. The third-order valence-electron chi connectivity index (χ3n) is 4.28. The molecule has 3 aromatic carbocycles. The van der Waals surface area contributed by atoms with Gasteiger partial charge in [0.15, 0.2) is 0 Å². The molecule has 0 aliphatic rings. The Kier molecular flexibility index (Phi) is 5.54. The predicted molar refractivity (Wildman–Crippen MR) is 117 cm³/mol. The maximum Gasteiger partial charge on any atom is 0.269 e. The molecule has 4 aromatic rings. The van der Waals surface area contributed by atoms with Gasteiger partial charge in [-0.25, -0.2) is 0 Å². The minimum absolute atomic E-state index is 0.0966. The van der Waals surface area contributed by atoms with Gasteiger partial charge in [0.05, 0.1) is 22.5 Å².